The summed E-state index contributed by atoms with van der Waals surface area (Å²) in [5.41, 5.74) is -0.915. The molecule has 0 amide bonds. The molecule has 2 N–H and O–H groups in total. The summed E-state index contributed by atoms with van der Waals surface area (Å²) in [6, 6.07) is 0.495. The van der Waals surface area contributed by atoms with E-state index in [1.54, 1.807) is 0 Å². The van der Waals surface area contributed by atoms with Crippen LogP contribution in [-0.2, 0) is 4.57 Å². The fourth-order valence-corrected chi connectivity index (χ4v) is 1.62. The van der Waals surface area contributed by atoms with Gasteiger partial charge in [-0.05, 0) is 0 Å². The molecule has 0 unspecified atom stereocenters. The minimum atomic E-state index is -5.12. The zero-order chi connectivity index (χ0) is 11.8. The Morgan fingerprint density at radius 1 is 1.27 bits per heavy atom. The fraction of sp³-hybridized carbons (Fsp3) is 0. The maximum atomic E-state index is 12.9. The number of halogens is 2. The van der Waals surface area contributed by atoms with Crippen molar-refractivity contribution in [2.45, 2.75) is 0 Å². The van der Waals surface area contributed by atoms with Crippen molar-refractivity contribution in [2.75, 3.05) is 0 Å². The number of nitrogens with zero attached hydrogens (tertiary/aromatic N) is 1. The molecule has 0 spiro atoms. The summed E-state index contributed by atoms with van der Waals surface area (Å²) < 4.78 is 36.5. The molecular formula is C6H4F2NO5P. The van der Waals surface area contributed by atoms with Gasteiger partial charge in [0, 0.05) is 0 Å². The van der Waals surface area contributed by atoms with Crippen LogP contribution in [0.1, 0.15) is 0 Å². The van der Waals surface area contributed by atoms with Crippen LogP contribution in [-0.4, -0.2) is 14.7 Å². The molecule has 0 bridgehead atoms. The Bertz CT molecular complexity index is 448. The van der Waals surface area contributed by atoms with E-state index >= 15 is 0 Å². The molecule has 6 nitrogen and oxygen atoms in total. The normalized spacial score (nSPS) is 11.5. The molecule has 1 aromatic carbocycles. The van der Waals surface area contributed by atoms with E-state index in [4.69, 9.17) is 9.79 Å². The first-order valence-corrected chi connectivity index (χ1v) is 5.04. The van der Waals surface area contributed by atoms with Crippen molar-refractivity contribution < 1.29 is 28.1 Å². The van der Waals surface area contributed by atoms with Crippen molar-refractivity contribution in [1.82, 2.24) is 0 Å². The Kier molecular flexibility index (Phi) is 2.85. The molecule has 1 rings (SSSR count). The molecular weight excluding hydrogens is 235 g/mol. The first kappa shape index (κ1) is 11.7. The van der Waals surface area contributed by atoms with Gasteiger partial charge < -0.3 is 9.79 Å². The molecule has 0 saturated carbocycles. The summed E-state index contributed by atoms with van der Waals surface area (Å²) in [5, 5.41) is 8.68. The van der Waals surface area contributed by atoms with Gasteiger partial charge in [0.2, 0.25) is 0 Å². The van der Waals surface area contributed by atoms with Crippen molar-refractivity contribution in [3.63, 3.8) is 0 Å². The molecule has 15 heavy (non-hydrogen) atoms. The fourth-order valence-electron chi connectivity index (χ4n) is 0.936. The van der Waals surface area contributed by atoms with E-state index in [1.807, 2.05) is 0 Å². The maximum absolute atomic E-state index is 12.9. The number of benzene rings is 1. The Morgan fingerprint density at radius 3 is 1.93 bits per heavy atom. The second-order valence-corrected chi connectivity index (χ2v) is 4.09. The number of nitro benzene ring substituents is 1. The van der Waals surface area contributed by atoms with E-state index in [1.165, 1.54) is 0 Å². The summed E-state index contributed by atoms with van der Waals surface area (Å²) in [5.74, 6) is -3.29. The summed E-state index contributed by atoms with van der Waals surface area (Å²) in [7, 11) is -5.12. The number of hydrogen-bond donors (Lipinski definition) is 2. The topological polar surface area (TPSA) is 101 Å². The Hall–Kier alpha value is -1.37. The maximum Gasteiger partial charge on any atom is 0.362 e. The Balaban J connectivity index is 3.48. The largest absolute Gasteiger partial charge is 0.362 e. The van der Waals surface area contributed by atoms with Crippen LogP contribution in [0.2, 0.25) is 0 Å². The minimum Gasteiger partial charge on any atom is -0.321 e. The standard InChI is InChI=1S/C6H4F2NO5P/c7-4-1-3(9(10)11)2-5(8)6(4)15(12,13)14/h1-2H,(H2,12,13,14). The van der Waals surface area contributed by atoms with Gasteiger partial charge in [-0.3, -0.25) is 14.7 Å². The second-order valence-electron chi connectivity index (χ2n) is 2.56. The molecule has 9 heteroatoms. The second kappa shape index (κ2) is 3.65. The zero-order valence-corrected chi connectivity index (χ0v) is 7.82. The van der Waals surface area contributed by atoms with Crippen molar-refractivity contribution >= 4 is 18.6 Å². The SMILES string of the molecule is O=[N+]([O-])c1cc(F)c(P(=O)(O)O)c(F)c1. The van der Waals surface area contributed by atoms with E-state index in [0.29, 0.717) is 0 Å². The molecule has 0 aromatic heterocycles. The van der Waals surface area contributed by atoms with E-state index < -0.39 is 35.1 Å². The first-order valence-electron chi connectivity index (χ1n) is 3.43. The van der Waals surface area contributed by atoms with Crippen LogP contribution in [0.3, 0.4) is 0 Å². The van der Waals surface area contributed by atoms with Gasteiger partial charge in [0.1, 0.15) is 16.9 Å². The summed E-state index contributed by atoms with van der Waals surface area (Å²) >= 11 is 0. The number of rotatable bonds is 2. The third-order valence-corrected chi connectivity index (χ3v) is 2.51. The average Bonchev–Trinajstić information content (AvgIpc) is 1.99. The van der Waals surface area contributed by atoms with Gasteiger partial charge in [0.25, 0.3) is 5.69 Å². The molecule has 0 atom stereocenters. The van der Waals surface area contributed by atoms with Crippen LogP contribution in [0.15, 0.2) is 12.1 Å². The highest BCUT2D eigenvalue weighted by molar-refractivity contribution is 7.60. The van der Waals surface area contributed by atoms with Crippen LogP contribution < -0.4 is 5.30 Å². The van der Waals surface area contributed by atoms with Gasteiger partial charge in [-0.25, -0.2) is 8.78 Å². The lowest BCUT2D eigenvalue weighted by Gasteiger charge is -2.05. The van der Waals surface area contributed by atoms with Crippen LogP contribution >= 0.6 is 7.60 Å². The quantitative estimate of drug-likeness (QED) is 0.448. The lowest BCUT2D eigenvalue weighted by atomic mass is 10.3. The highest BCUT2D eigenvalue weighted by atomic mass is 31.2. The summed E-state index contributed by atoms with van der Waals surface area (Å²) in [4.78, 5) is 26.2. The molecule has 0 radical (unpaired) electrons. The monoisotopic (exact) mass is 239 g/mol. The molecule has 0 aliphatic carbocycles. The van der Waals surface area contributed by atoms with Crippen molar-refractivity contribution in [3.05, 3.63) is 33.9 Å². The molecule has 0 saturated heterocycles. The van der Waals surface area contributed by atoms with Crippen LogP contribution in [0, 0.1) is 21.7 Å². The van der Waals surface area contributed by atoms with Gasteiger partial charge in [-0.15, -0.1) is 0 Å². The van der Waals surface area contributed by atoms with Crippen LogP contribution in [0.5, 0.6) is 0 Å². The smallest absolute Gasteiger partial charge is 0.321 e. The molecule has 82 valence electrons. The van der Waals surface area contributed by atoms with E-state index in [2.05, 4.69) is 0 Å². The third-order valence-electron chi connectivity index (χ3n) is 1.50. The van der Waals surface area contributed by atoms with Gasteiger partial charge >= 0.3 is 7.60 Å². The van der Waals surface area contributed by atoms with Gasteiger partial charge in [-0.2, -0.15) is 0 Å². The number of hydrogen-bond acceptors (Lipinski definition) is 3. The molecule has 1 aromatic rings. The van der Waals surface area contributed by atoms with Gasteiger partial charge in [-0.1, -0.05) is 0 Å². The van der Waals surface area contributed by atoms with Crippen molar-refractivity contribution in [1.29, 1.82) is 0 Å². The highest BCUT2D eigenvalue weighted by Crippen LogP contribution is 2.36. The van der Waals surface area contributed by atoms with Crippen molar-refractivity contribution in [3.8, 4) is 0 Å². The third kappa shape index (κ3) is 2.35. The molecule has 0 heterocycles. The van der Waals surface area contributed by atoms with Crippen molar-refractivity contribution in [2.24, 2.45) is 0 Å². The Labute approximate surface area is 81.5 Å². The molecule has 0 aliphatic heterocycles. The van der Waals surface area contributed by atoms with Gasteiger partial charge in [0.05, 0.1) is 17.1 Å². The van der Waals surface area contributed by atoms with E-state index in [0.717, 1.165) is 0 Å². The average molecular weight is 239 g/mol. The lowest BCUT2D eigenvalue weighted by molar-refractivity contribution is -0.385. The molecule has 0 fully saturated rings. The summed E-state index contributed by atoms with van der Waals surface area (Å²) in [6.45, 7) is 0. The van der Waals surface area contributed by atoms with Crippen LogP contribution in [0.4, 0.5) is 14.5 Å². The van der Waals surface area contributed by atoms with Gasteiger partial charge in [0.15, 0.2) is 0 Å². The predicted octanol–water partition coefficient (Wildman–Crippen LogP) is 0.676. The Morgan fingerprint density at radius 2 is 1.67 bits per heavy atom. The van der Waals surface area contributed by atoms with E-state index in [-0.39, 0.29) is 12.1 Å². The lowest BCUT2D eigenvalue weighted by Crippen LogP contribution is -2.15. The summed E-state index contributed by atoms with van der Waals surface area (Å²) in [6.07, 6.45) is 0. The zero-order valence-electron chi connectivity index (χ0n) is 6.92. The number of non-ortho nitro benzene ring substituents is 1. The predicted molar refractivity (Wildman–Crippen MR) is 44.7 cm³/mol. The highest BCUT2D eigenvalue weighted by Gasteiger charge is 2.29. The van der Waals surface area contributed by atoms with Crippen LogP contribution in [0.25, 0.3) is 0 Å². The minimum absolute atomic E-state index is 0.248. The number of nitro groups is 1. The van der Waals surface area contributed by atoms with E-state index in [9.17, 15) is 23.5 Å². The first-order chi connectivity index (χ1) is 6.73. The molecule has 0 aliphatic rings.